The Morgan fingerprint density at radius 1 is 1.15 bits per heavy atom. The van der Waals surface area contributed by atoms with Crippen LogP contribution >= 0.6 is 11.3 Å². The highest BCUT2D eigenvalue weighted by atomic mass is 32.2. The predicted octanol–water partition coefficient (Wildman–Crippen LogP) is 4.95. The number of carbonyl (C=O) groups is 1. The van der Waals surface area contributed by atoms with E-state index in [4.69, 9.17) is 0 Å². The molecule has 1 aliphatic rings. The predicted molar refractivity (Wildman–Crippen MR) is 128 cm³/mol. The first kappa shape index (κ1) is 23.8. The molecule has 0 N–H and O–H groups in total. The van der Waals surface area contributed by atoms with Crippen molar-refractivity contribution in [1.29, 1.82) is 0 Å². The molecule has 0 aliphatic carbocycles. The third-order valence-electron chi connectivity index (χ3n) is 6.04. The maximum Gasteiger partial charge on any atom is 0.279 e. The van der Waals surface area contributed by atoms with Gasteiger partial charge in [-0.15, -0.1) is 0 Å². The molecular weight excluding hydrogens is 461 g/mol. The number of aromatic nitrogens is 1. The fourth-order valence-corrected chi connectivity index (χ4v) is 7.17. The molecule has 1 aromatic heterocycles. The third-order valence-corrected chi connectivity index (χ3v) is 9.05. The van der Waals surface area contributed by atoms with Gasteiger partial charge < -0.3 is 4.57 Å². The smallest absolute Gasteiger partial charge is 0.279 e. The Morgan fingerprint density at radius 3 is 2.61 bits per heavy atom. The van der Waals surface area contributed by atoms with Gasteiger partial charge in [-0.3, -0.25) is 4.79 Å². The number of thiazole rings is 1. The van der Waals surface area contributed by atoms with Crippen LogP contribution in [0.2, 0.25) is 0 Å². The van der Waals surface area contributed by atoms with Crippen LogP contribution in [-0.2, 0) is 16.6 Å². The lowest BCUT2D eigenvalue weighted by Gasteiger charge is -2.34. The van der Waals surface area contributed by atoms with Crippen LogP contribution in [0.3, 0.4) is 0 Å². The summed E-state index contributed by atoms with van der Waals surface area (Å²) in [6, 6.07) is 10.6. The molecule has 0 saturated carbocycles. The van der Waals surface area contributed by atoms with Crippen LogP contribution in [0, 0.1) is 5.82 Å². The van der Waals surface area contributed by atoms with Gasteiger partial charge in [-0.25, -0.2) is 12.8 Å². The SMILES string of the molecule is CCCn1c(=NC(=O)c2ccc(S(=O)(=O)N3CCCCC3CC)cc2)sc2cc(F)ccc21. The monoisotopic (exact) mass is 489 g/mol. The fourth-order valence-electron chi connectivity index (χ4n) is 4.33. The van der Waals surface area contributed by atoms with Gasteiger partial charge in [-0.05, 0) is 68.1 Å². The molecule has 1 aliphatic heterocycles. The second kappa shape index (κ2) is 9.87. The summed E-state index contributed by atoms with van der Waals surface area (Å²) >= 11 is 1.26. The largest absolute Gasteiger partial charge is 0.316 e. The first-order valence-corrected chi connectivity index (χ1v) is 13.6. The summed E-state index contributed by atoms with van der Waals surface area (Å²) in [5.74, 6) is -0.790. The summed E-state index contributed by atoms with van der Waals surface area (Å²) in [4.78, 5) is 17.8. The zero-order valence-electron chi connectivity index (χ0n) is 18.8. The molecular formula is C24H28FN3O3S2. The molecule has 1 fully saturated rings. The lowest BCUT2D eigenvalue weighted by Crippen LogP contribution is -2.43. The van der Waals surface area contributed by atoms with Crippen LogP contribution in [0.4, 0.5) is 4.39 Å². The summed E-state index contributed by atoms with van der Waals surface area (Å²) in [7, 11) is -3.61. The third kappa shape index (κ3) is 4.81. The van der Waals surface area contributed by atoms with Crippen molar-refractivity contribution in [2.45, 2.75) is 63.4 Å². The zero-order valence-corrected chi connectivity index (χ0v) is 20.5. The first-order valence-electron chi connectivity index (χ1n) is 11.3. The molecule has 1 atom stereocenters. The van der Waals surface area contributed by atoms with Crippen LogP contribution in [-0.4, -0.2) is 35.8 Å². The Kier molecular flexibility index (Phi) is 7.11. The highest BCUT2D eigenvalue weighted by Gasteiger charge is 2.32. The Hall–Kier alpha value is -2.36. The second-order valence-electron chi connectivity index (χ2n) is 8.26. The zero-order chi connectivity index (χ0) is 23.6. The Morgan fingerprint density at radius 2 is 1.91 bits per heavy atom. The molecule has 0 bridgehead atoms. The van der Waals surface area contributed by atoms with Gasteiger partial charge in [0.05, 0.1) is 15.1 Å². The number of amides is 1. The molecule has 4 rings (SSSR count). The number of benzene rings is 2. The molecule has 6 nitrogen and oxygen atoms in total. The van der Waals surface area contributed by atoms with Crippen molar-refractivity contribution < 1.29 is 17.6 Å². The molecule has 1 amide bonds. The Bertz CT molecular complexity index is 1330. The van der Waals surface area contributed by atoms with Crippen molar-refractivity contribution in [2.75, 3.05) is 6.54 Å². The van der Waals surface area contributed by atoms with Gasteiger partial charge in [0.15, 0.2) is 4.80 Å². The van der Waals surface area contributed by atoms with E-state index in [-0.39, 0.29) is 16.8 Å². The van der Waals surface area contributed by atoms with E-state index in [1.807, 2.05) is 18.4 Å². The van der Waals surface area contributed by atoms with E-state index in [1.54, 1.807) is 10.4 Å². The molecule has 2 heterocycles. The summed E-state index contributed by atoms with van der Waals surface area (Å²) in [5, 5.41) is 0. The van der Waals surface area contributed by atoms with E-state index in [1.165, 1.54) is 47.7 Å². The van der Waals surface area contributed by atoms with Crippen molar-refractivity contribution in [3.8, 4) is 0 Å². The van der Waals surface area contributed by atoms with E-state index < -0.39 is 15.9 Å². The highest BCUT2D eigenvalue weighted by Crippen LogP contribution is 2.27. The lowest BCUT2D eigenvalue weighted by molar-refractivity contribution is 0.0997. The van der Waals surface area contributed by atoms with Gasteiger partial charge >= 0.3 is 0 Å². The quantitative estimate of drug-likeness (QED) is 0.492. The molecule has 1 unspecified atom stereocenters. The summed E-state index contributed by atoms with van der Waals surface area (Å²) in [5.41, 5.74) is 1.15. The van der Waals surface area contributed by atoms with E-state index >= 15 is 0 Å². The van der Waals surface area contributed by atoms with Crippen LogP contribution in [0.15, 0.2) is 52.4 Å². The van der Waals surface area contributed by atoms with Crippen molar-refractivity contribution in [3.63, 3.8) is 0 Å². The molecule has 0 radical (unpaired) electrons. The number of nitrogens with zero attached hydrogens (tertiary/aromatic N) is 3. The van der Waals surface area contributed by atoms with Crippen molar-refractivity contribution in [1.82, 2.24) is 8.87 Å². The number of halogens is 1. The number of rotatable bonds is 6. The minimum atomic E-state index is -3.61. The van der Waals surface area contributed by atoms with Gasteiger partial charge in [0.25, 0.3) is 5.91 Å². The van der Waals surface area contributed by atoms with Crippen molar-refractivity contribution in [3.05, 3.63) is 58.6 Å². The average Bonchev–Trinajstić information content (AvgIpc) is 3.15. The topological polar surface area (TPSA) is 71.7 Å². The number of hydrogen-bond acceptors (Lipinski definition) is 4. The number of carbonyl (C=O) groups excluding carboxylic acids is 1. The van der Waals surface area contributed by atoms with Crippen molar-refractivity contribution in [2.24, 2.45) is 4.99 Å². The standard InChI is InChI=1S/C24H28FN3O3S2/c1-3-14-27-21-13-10-18(25)16-22(21)32-24(27)26-23(29)17-8-11-20(12-9-17)33(30,31)28-15-6-5-7-19(28)4-2/h8-13,16,19H,3-7,14-15H2,1-2H3. The van der Waals surface area contributed by atoms with E-state index in [9.17, 15) is 17.6 Å². The fraction of sp³-hybridized carbons (Fsp3) is 0.417. The maximum atomic E-state index is 13.7. The highest BCUT2D eigenvalue weighted by molar-refractivity contribution is 7.89. The number of aryl methyl sites for hydroxylation is 1. The van der Waals surface area contributed by atoms with Crippen LogP contribution in [0.5, 0.6) is 0 Å². The molecule has 1 saturated heterocycles. The minimum absolute atomic E-state index is 0.0202. The van der Waals surface area contributed by atoms with Crippen molar-refractivity contribution >= 4 is 37.5 Å². The Balaban J connectivity index is 1.64. The molecule has 2 aromatic carbocycles. The number of fused-ring (bicyclic) bond motifs is 1. The second-order valence-corrected chi connectivity index (χ2v) is 11.2. The molecule has 176 valence electrons. The molecule has 9 heteroatoms. The molecule has 0 spiro atoms. The van der Waals surface area contributed by atoms with E-state index in [0.29, 0.717) is 23.5 Å². The maximum absolute atomic E-state index is 13.7. The van der Waals surface area contributed by atoms with Crippen LogP contribution < -0.4 is 4.80 Å². The molecule has 3 aromatic rings. The number of piperidine rings is 1. The van der Waals surface area contributed by atoms with E-state index in [0.717, 1.165) is 42.3 Å². The summed E-state index contributed by atoms with van der Waals surface area (Å²) in [6.07, 6.45) is 4.41. The number of hydrogen-bond donors (Lipinski definition) is 0. The average molecular weight is 490 g/mol. The van der Waals surface area contributed by atoms with E-state index in [2.05, 4.69) is 4.99 Å². The van der Waals surface area contributed by atoms with Gasteiger partial charge in [0, 0.05) is 24.7 Å². The lowest BCUT2D eigenvalue weighted by atomic mass is 10.0. The van der Waals surface area contributed by atoms with Gasteiger partial charge in [-0.1, -0.05) is 31.6 Å². The van der Waals surface area contributed by atoms with Crippen LogP contribution in [0.1, 0.15) is 56.3 Å². The molecule has 33 heavy (non-hydrogen) atoms. The van der Waals surface area contributed by atoms with Gasteiger partial charge in [0.1, 0.15) is 5.82 Å². The normalized spacial score (nSPS) is 18.2. The Labute approximate surface area is 197 Å². The number of sulfonamides is 1. The first-order chi connectivity index (χ1) is 15.8. The minimum Gasteiger partial charge on any atom is -0.316 e. The summed E-state index contributed by atoms with van der Waals surface area (Å²) in [6.45, 7) is 5.22. The van der Waals surface area contributed by atoms with Gasteiger partial charge in [-0.2, -0.15) is 9.30 Å². The summed E-state index contributed by atoms with van der Waals surface area (Å²) < 4.78 is 44.2. The van der Waals surface area contributed by atoms with Crippen LogP contribution in [0.25, 0.3) is 10.2 Å². The van der Waals surface area contributed by atoms with Gasteiger partial charge in [0.2, 0.25) is 10.0 Å².